The van der Waals surface area contributed by atoms with Gasteiger partial charge in [-0.25, -0.2) is 4.98 Å². The zero-order valence-electron chi connectivity index (χ0n) is 15.6. The summed E-state index contributed by atoms with van der Waals surface area (Å²) in [5.74, 6) is 0.753. The summed E-state index contributed by atoms with van der Waals surface area (Å²) in [6, 6.07) is 13.8. The summed E-state index contributed by atoms with van der Waals surface area (Å²) < 4.78 is 1.99. The number of imidazole rings is 1. The fourth-order valence-electron chi connectivity index (χ4n) is 3.78. The van der Waals surface area contributed by atoms with Crippen molar-refractivity contribution in [2.75, 3.05) is 13.1 Å². The molecule has 0 radical (unpaired) electrons. The van der Waals surface area contributed by atoms with Crippen molar-refractivity contribution in [3.05, 3.63) is 72.3 Å². The van der Waals surface area contributed by atoms with Crippen LogP contribution in [-0.4, -0.2) is 38.4 Å². The number of benzene rings is 1. The standard InChI is InChI=1S/C22H24N4O/c1-25-16-23-15-21(25)20-14-18(7-10-24-20)13-17-8-11-26(12-9-17)22(27)19-5-3-2-4-6-19/h2-7,10,14-17H,8-9,11-13H2,1H3. The van der Waals surface area contributed by atoms with Gasteiger partial charge in [0.2, 0.25) is 0 Å². The van der Waals surface area contributed by atoms with Gasteiger partial charge in [0, 0.05) is 31.9 Å². The topological polar surface area (TPSA) is 51.0 Å². The van der Waals surface area contributed by atoms with Gasteiger partial charge in [0.25, 0.3) is 5.91 Å². The van der Waals surface area contributed by atoms with Gasteiger partial charge in [-0.3, -0.25) is 9.78 Å². The summed E-state index contributed by atoms with van der Waals surface area (Å²) in [5.41, 5.74) is 4.07. The number of aromatic nitrogens is 3. The van der Waals surface area contributed by atoms with E-state index in [2.05, 4.69) is 22.1 Å². The minimum Gasteiger partial charge on any atom is -0.339 e. The highest BCUT2D eigenvalue weighted by Gasteiger charge is 2.23. The lowest BCUT2D eigenvalue weighted by Gasteiger charge is -2.32. The van der Waals surface area contributed by atoms with Crippen LogP contribution in [-0.2, 0) is 13.5 Å². The van der Waals surface area contributed by atoms with Gasteiger partial charge in [0.1, 0.15) is 0 Å². The number of piperidine rings is 1. The molecule has 1 fully saturated rings. The van der Waals surface area contributed by atoms with E-state index >= 15 is 0 Å². The van der Waals surface area contributed by atoms with Crippen molar-refractivity contribution in [1.82, 2.24) is 19.4 Å². The van der Waals surface area contributed by atoms with E-state index in [4.69, 9.17) is 0 Å². The molecular weight excluding hydrogens is 336 g/mol. The lowest BCUT2D eigenvalue weighted by molar-refractivity contribution is 0.0690. The SMILES string of the molecule is Cn1cncc1-c1cc(CC2CCN(C(=O)c3ccccc3)CC2)ccn1. The van der Waals surface area contributed by atoms with Crippen molar-refractivity contribution in [2.24, 2.45) is 13.0 Å². The molecule has 0 spiro atoms. The van der Waals surface area contributed by atoms with Gasteiger partial charge in [-0.2, -0.15) is 0 Å². The first kappa shape index (κ1) is 17.5. The van der Waals surface area contributed by atoms with E-state index in [-0.39, 0.29) is 5.91 Å². The largest absolute Gasteiger partial charge is 0.339 e. The highest BCUT2D eigenvalue weighted by molar-refractivity contribution is 5.94. The second-order valence-electron chi connectivity index (χ2n) is 7.24. The third-order valence-corrected chi connectivity index (χ3v) is 5.35. The van der Waals surface area contributed by atoms with Crippen molar-refractivity contribution >= 4 is 5.91 Å². The van der Waals surface area contributed by atoms with Crippen LogP contribution in [0.2, 0.25) is 0 Å². The number of carbonyl (C=O) groups excluding carboxylic acids is 1. The Bertz CT molecular complexity index is 911. The molecule has 1 saturated heterocycles. The zero-order chi connectivity index (χ0) is 18.6. The number of rotatable bonds is 4. The van der Waals surface area contributed by atoms with Crippen molar-refractivity contribution in [3.8, 4) is 11.4 Å². The van der Waals surface area contributed by atoms with Gasteiger partial charge in [-0.05, 0) is 55.0 Å². The Labute approximate surface area is 159 Å². The molecule has 138 valence electrons. The maximum atomic E-state index is 12.6. The van der Waals surface area contributed by atoms with Crippen LogP contribution in [0.5, 0.6) is 0 Å². The summed E-state index contributed by atoms with van der Waals surface area (Å²) >= 11 is 0. The van der Waals surface area contributed by atoms with Gasteiger partial charge in [0.05, 0.1) is 23.9 Å². The quantitative estimate of drug-likeness (QED) is 0.715. The number of hydrogen-bond donors (Lipinski definition) is 0. The molecule has 0 saturated carbocycles. The van der Waals surface area contributed by atoms with E-state index in [1.165, 1.54) is 5.56 Å². The Morgan fingerprint density at radius 1 is 1.15 bits per heavy atom. The maximum absolute atomic E-state index is 12.6. The number of amides is 1. The fourth-order valence-corrected chi connectivity index (χ4v) is 3.78. The minimum atomic E-state index is 0.149. The number of nitrogens with zero attached hydrogens (tertiary/aromatic N) is 4. The van der Waals surface area contributed by atoms with E-state index in [0.717, 1.165) is 49.3 Å². The average Bonchev–Trinajstić information content (AvgIpc) is 3.15. The molecule has 5 heteroatoms. The Morgan fingerprint density at radius 3 is 2.63 bits per heavy atom. The third kappa shape index (κ3) is 3.92. The van der Waals surface area contributed by atoms with Gasteiger partial charge in [0.15, 0.2) is 0 Å². The number of hydrogen-bond acceptors (Lipinski definition) is 3. The van der Waals surface area contributed by atoms with E-state index in [9.17, 15) is 4.79 Å². The predicted molar refractivity (Wildman–Crippen MR) is 105 cm³/mol. The van der Waals surface area contributed by atoms with Crippen LogP contribution in [0.25, 0.3) is 11.4 Å². The van der Waals surface area contributed by atoms with Crippen molar-refractivity contribution in [3.63, 3.8) is 0 Å². The number of aryl methyl sites for hydroxylation is 1. The second kappa shape index (κ2) is 7.74. The van der Waals surface area contributed by atoms with Crippen molar-refractivity contribution in [2.45, 2.75) is 19.3 Å². The Balaban J connectivity index is 1.37. The molecule has 1 amide bonds. The van der Waals surface area contributed by atoms with Crippen LogP contribution in [0.4, 0.5) is 0 Å². The Hall–Kier alpha value is -2.95. The summed E-state index contributed by atoms with van der Waals surface area (Å²) in [4.78, 5) is 23.2. The van der Waals surface area contributed by atoms with Crippen LogP contribution in [0.3, 0.4) is 0 Å². The monoisotopic (exact) mass is 360 g/mol. The molecule has 1 aromatic carbocycles. The zero-order valence-corrected chi connectivity index (χ0v) is 15.6. The molecule has 3 heterocycles. The number of pyridine rings is 1. The highest BCUT2D eigenvalue weighted by Crippen LogP contribution is 2.24. The smallest absolute Gasteiger partial charge is 0.253 e. The molecule has 0 unspecified atom stereocenters. The first-order valence-electron chi connectivity index (χ1n) is 9.46. The molecule has 1 aliphatic rings. The summed E-state index contributed by atoms with van der Waals surface area (Å²) in [6.45, 7) is 1.66. The van der Waals surface area contributed by atoms with Gasteiger partial charge in [-0.15, -0.1) is 0 Å². The van der Waals surface area contributed by atoms with Gasteiger partial charge in [-0.1, -0.05) is 18.2 Å². The Kier molecular flexibility index (Phi) is 5.01. The summed E-state index contributed by atoms with van der Waals surface area (Å²) in [6.07, 6.45) is 8.64. The van der Waals surface area contributed by atoms with E-state index in [0.29, 0.717) is 5.92 Å². The van der Waals surface area contributed by atoms with E-state index < -0.39 is 0 Å². The molecule has 0 bridgehead atoms. The third-order valence-electron chi connectivity index (χ3n) is 5.35. The van der Waals surface area contributed by atoms with Gasteiger partial charge < -0.3 is 9.47 Å². The lowest BCUT2D eigenvalue weighted by atomic mass is 9.90. The molecule has 3 aromatic rings. The van der Waals surface area contributed by atoms with Crippen LogP contribution in [0.15, 0.2) is 61.2 Å². The molecule has 0 atom stereocenters. The Morgan fingerprint density at radius 2 is 1.93 bits per heavy atom. The van der Waals surface area contributed by atoms with Crippen LogP contribution in [0, 0.1) is 5.92 Å². The van der Waals surface area contributed by atoms with Crippen LogP contribution in [0.1, 0.15) is 28.8 Å². The maximum Gasteiger partial charge on any atom is 0.253 e. The van der Waals surface area contributed by atoms with E-state index in [1.807, 2.05) is 59.2 Å². The molecule has 1 aliphatic heterocycles. The molecule has 5 nitrogen and oxygen atoms in total. The summed E-state index contributed by atoms with van der Waals surface area (Å²) in [5, 5.41) is 0. The average molecular weight is 360 g/mol. The molecule has 0 N–H and O–H groups in total. The van der Waals surface area contributed by atoms with Crippen LogP contribution < -0.4 is 0 Å². The van der Waals surface area contributed by atoms with Gasteiger partial charge >= 0.3 is 0 Å². The fraction of sp³-hybridized carbons (Fsp3) is 0.318. The van der Waals surface area contributed by atoms with Crippen molar-refractivity contribution in [1.29, 1.82) is 0 Å². The molecule has 2 aromatic heterocycles. The lowest BCUT2D eigenvalue weighted by Crippen LogP contribution is -2.38. The highest BCUT2D eigenvalue weighted by atomic mass is 16.2. The van der Waals surface area contributed by atoms with Crippen molar-refractivity contribution < 1.29 is 4.79 Å². The predicted octanol–water partition coefficient (Wildman–Crippen LogP) is 3.58. The molecule has 27 heavy (non-hydrogen) atoms. The first-order chi connectivity index (χ1) is 13.2. The minimum absolute atomic E-state index is 0.149. The molecule has 0 aliphatic carbocycles. The molecular formula is C22H24N4O. The number of likely N-dealkylation sites (tertiary alicyclic amines) is 1. The first-order valence-corrected chi connectivity index (χ1v) is 9.46. The second-order valence-corrected chi connectivity index (χ2v) is 7.24. The van der Waals surface area contributed by atoms with Crippen LogP contribution >= 0.6 is 0 Å². The van der Waals surface area contributed by atoms with E-state index in [1.54, 1.807) is 6.33 Å². The summed E-state index contributed by atoms with van der Waals surface area (Å²) in [7, 11) is 1.98. The normalized spacial score (nSPS) is 15.1. The number of carbonyl (C=O) groups is 1. The molecule has 4 rings (SSSR count).